The fourth-order valence-electron chi connectivity index (χ4n) is 0.997. The molecule has 12 heavy (non-hydrogen) atoms. The number of hydrogen-bond acceptors (Lipinski definition) is 2. The molecular weight excluding hydrogens is 168 g/mol. The summed E-state index contributed by atoms with van der Waals surface area (Å²) in [6, 6.07) is 0.505. The van der Waals surface area contributed by atoms with Crippen LogP contribution >= 0.6 is 11.8 Å². The first-order valence-electron chi connectivity index (χ1n) is 4.42. The van der Waals surface area contributed by atoms with E-state index in [2.05, 4.69) is 18.1 Å². The highest BCUT2D eigenvalue weighted by molar-refractivity contribution is 7.98. The summed E-state index contributed by atoms with van der Waals surface area (Å²) in [7, 11) is 2.01. The molecule has 0 aromatic rings. The minimum Gasteiger partial charge on any atom is -0.361 e. The second-order valence-corrected chi connectivity index (χ2v) is 4.03. The Kier molecular flexibility index (Phi) is 6.25. The molecule has 0 saturated heterocycles. The van der Waals surface area contributed by atoms with Crippen molar-refractivity contribution >= 4 is 17.6 Å². The number of rotatable bonds is 5. The molecule has 0 fully saturated rings. The molecule has 0 aromatic heterocycles. The minimum atomic E-state index is 0.505. The molecule has 0 saturated carbocycles. The molecule has 72 valence electrons. The van der Waals surface area contributed by atoms with Crippen LogP contribution in [0.3, 0.4) is 0 Å². The van der Waals surface area contributed by atoms with Crippen LogP contribution in [0.4, 0.5) is 0 Å². The molecule has 1 N–H and O–H groups in total. The SMILES string of the molecule is CCC(=N)N(C)C(C)CCSC. The zero-order valence-electron chi connectivity index (χ0n) is 8.55. The van der Waals surface area contributed by atoms with Gasteiger partial charge in [-0.25, -0.2) is 0 Å². The van der Waals surface area contributed by atoms with E-state index in [1.807, 2.05) is 25.7 Å². The summed E-state index contributed by atoms with van der Waals surface area (Å²) < 4.78 is 0. The van der Waals surface area contributed by atoms with Gasteiger partial charge in [-0.2, -0.15) is 11.8 Å². The molecule has 2 nitrogen and oxygen atoms in total. The van der Waals surface area contributed by atoms with Crippen LogP contribution in [0.2, 0.25) is 0 Å². The first kappa shape index (κ1) is 11.8. The van der Waals surface area contributed by atoms with Gasteiger partial charge in [-0.15, -0.1) is 0 Å². The Balaban J connectivity index is 3.75. The maximum atomic E-state index is 7.63. The predicted molar refractivity (Wildman–Crippen MR) is 58.2 cm³/mol. The Morgan fingerprint density at radius 3 is 2.58 bits per heavy atom. The summed E-state index contributed by atoms with van der Waals surface area (Å²) in [5.74, 6) is 1.92. The van der Waals surface area contributed by atoms with Crippen LogP contribution in [-0.2, 0) is 0 Å². The quantitative estimate of drug-likeness (QED) is 0.530. The number of amidine groups is 1. The van der Waals surface area contributed by atoms with Crippen LogP contribution in [0.25, 0.3) is 0 Å². The van der Waals surface area contributed by atoms with Gasteiger partial charge >= 0.3 is 0 Å². The molecule has 0 aliphatic heterocycles. The Labute approximate surface area is 80.2 Å². The van der Waals surface area contributed by atoms with Crippen molar-refractivity contribution in [2.24, 2.45) is 0 Å². The van der Waals surface area contributed by atoms with E-state index in [9.17, 15) is 0 Å². The molecule has 0 bridgehead atoms. The Hall–Kier alpha value is -0.180. The van der Waals surface area contributed by atoms with Gasteiger partial charge in [0, 0.05) is 19.5 Å². The smallest absolute Gasteiger partial charge is 0.0954 e. The predicted octanol–water partition coefficient (Wildman–Crippen LogP) is 2.45. The highest BCUT2D eigenvalue weighted by Gasteiger charge is 2.09. The molecular formula is C9H20N2S. The Bertz CT molecular complexity index is 136. The van der Waals surface area contributed by atoms with Crippen LogP contribution in [0, 0.1) is 5.41 Å². The molecule has 3 heteroatoms. The molecule has 0 aliphatic rings. The van der Waals surface area contributed by atoms with Crippen molar-refractivity contribution in [2.75, 3.05) is 19.1 Å². The fraction of sp³-hybridized carbons (Fsp3) is 0.889. The number of nitrogens with zero attached hydrogens (tertiary/aromatic N) is 1. The summed E-state index contributed by atoms with van der Waals surface area (Å²) in [6.07, 6.45) is 4.12. The highest BCUT2D eigenvalue weighted by Crippen LogP contribution is 2.07. The number of nitrogens with one attached hydrogen (secondary N) is 1. The van der Waals surface area contributed by atoms with Crippen molar-refractivity contribution in [3.63, 3.8) is 0 Å². The van der Waals surface area contributed by atoms with Crippen LogP contribution in [0.1, 0.15) is 26.7 Å². The summed E-state index contributed by atoms with van der Waals surface area (Å²) in [4.78, 5) is 2.07. The van der Waals surface area contributed by atoms with Crippen molar-refractivity contribution in [3.8, 4) is 0 Å². The van der Waals surface area contributed by atoms with E-state index in [1.54, 1.807) is 0 Å². The van der Waals surface area contributed by atoms with Gasteiger partial charge in [0.05, 0.1) is 5.84 Å². The average Bonchev–Trinajstić information content (AvgIpc) is 2.11. The number of hydrogen-bond donors (Lipinski definition) is 1. The van der Waals surface area contributed by atoms with Gasteiger partial charge in [-0.1, -0.05) is 6.92 Å². The molecule has 0 aliphatic carbocycles. The second-order valence-electron chi connectivity index (χ2n) is 3.04. The topological polar surface area (TPSA) is 27.1 Å². The van der Waals surface area contributed by atoms with Crippen LogP contribution in [-0.4, -0.2) is 35.8 Å². The van der Waals surface area contributed by atoms with Gasteiger partial charge in [-0.05, 0) is 25.4 Å². The van der Waals surface area contributed by atoms with E-state index >= 15 is 0 Å². The van der Waals surface area contributed by atoms with Gasteiger partial charge in [0.2, 0.25) is 0 Å². The van der Waals surface area contributed by atoms with E-state index in [-0.39, 0.29) is 0 Å². The number of thioether (sulfide) groups is 1. The van der Waals surface area contributed by atoms with Crippen molar-refractivity contribution in [1.29, 1.82) is 5.41 Å². The third-order valence-corrected chi connectivity index (χ3v) is 2.81. The maximum absolute atomic E-state index is 7.63. The lowest BCUT2D eigenvalue weighted by Crippen LogP contribution is -2.34. The zero-order chi connectivity index (χ0) is 9.56. The lowest BCUT2D eigenvalue weighted by molar-refractivity contribution is 0.374. The first-order valence-corrected chi connectivity index (χ1v) is 5.82. The van der Waals surface area contributed by atoms with Gasteiger partial charge in [0.1, 0.15) is 0 Å². The lowest BCUT2D eigenvalue weighted by atomic mass is 10.2. The molecule has 1 unspecified atom stereocenters. The Morgan fingerprint density at radius 1 is 1.58 bits per heavy atom. The zero-order valence-corrected chi connectivity index (χ0v) is 9.37. The molecule has 0 spiro atoms. The standard InChI is InChI=1S/C9H20N2S/c1-5-9(10)11(3)8(2)6-7-12-4/h8,10H,5-7H2,1-4H3. The van der Waals surface area contributed by atoms with E-state index < -0.39 is 0 Å². The van der Waals surface area contributed by atoms with Gasteiger partial charge in [0.15, 0.2) is 0 Å². The van der Waals surface area contributed by atoms with Gasteiger partial charge in [0.25, 0.3) is 0 Å². The summed E-state index contributed by atoms with van der Waals surface area (Å²) in [6.45, 7) is 4.21. The average molecular weight is 188 g/mol. The molecule has 0 amide bonds. The molecule has 0 aromatic carbocycles. The monoisotopic (exact) mass is 188 g/mol. The first-order chi connectivity index (χ1) is 5.63. The normalized spacial score (nSPS) is 12.7. The van der Waals surface area contributed by atoms with Crippen LogP contribution in [0.15, 0.2) is 0 Å². The van der Waals surface area contributed by atoms with E-state index in [4.69, 9.17) is 5.41 Å². The lowest BCUT2D eigenvalue weighted by Gasteiger charge is -2.26. The van der Waals surface area contributed by atoms with E-state index in [1.165, 1.54) is 12.2 Å². The van der Waals surface area contributed by atoms with Crippen molar-refractivity contribution < 1.29 is 0 Å². The highest BCUT2D eigenvalue weighted by atomic mass is 32.2. The summed E-state index contributed by atoms with van der Waals surface area (Å²) in [5, 5.41) is 7.63. The van der Waals surface area contributed by atoms with E-state index in [0.717, 1.165) is 12.3 Å². The maximum Gasteiger partial charge on any atom is 0.0954 e. The third-order valence-electron chi connectivity index (χ3n) is 2.16. The molecule has 1 atom stereocenters. The largest absolute Gasteiger partial charge is 0.361 e. The fourth-order valence-corrected chi connectivity index (χ4v) is 1.57. The summed E-state index contributed by atoms with van der Waals surface area (Å²) >= 11 is 1.87. The third kappa shape index (κ3) is 4.00. The minimum absolute atomic E-state index is 0.505. The molecule has 0 radical (unpaired) electrons. The molecule has 0 rings (SSSR count). The van der Waals surface area contributed by atoms with Crippen molar-refractivity contribution in [2.45, 2.75) is 32.7 Å². The Morgan fingerprint density at radius 2 is 2.17 bits per heavy atom. The van der Waals surface area contributed by atoms with Crippen LogP contribution in [0.5, 0.6) is 0 Å². The summed E-state index contributed by atoms with van der Waals surface area (Å²) in [5.41, 5.74) is 0. The molecule has 0 heterocycles. The van der Waals surface area contributed by atoms with Gasteiger partial charge < -0.3 is 4.90 Å². The second kappa shape index (κ2) is 6.35. The van der Waals surface area contributed by atoms with Crippen molar-refractivity contribution in [1.82, 2.24) is 4.90 Å². The van der Waals surface area contributed by atoms with E-state index in [0.29, 0.717) is 6.04 Å². The van der Waals surface area contributed by atoms with Crippen LogP contribution < -0.4 is 0 Å². The van der Waals surface area contributed by atoms with Crippen molar-refractivity contribution in [3.05, 3.63) is 0 Å². The van der Waals surface area contributed by atoms with Gasteiger partial charge in [-0.3, -0.25) is 5.41 Å².